The third-order valence-electron chi connectivity index (χ3n) is 2.88. The minimum atomic E-state index is -0.784. The Labute approximate surface area is 117 Å². The topological polar surface area (TPSA) is 37.3 Å². The van der Waals surface area contributed by atoms with E-state index >= 15 is 0 Å². The second-order valence-corrected chi connectivity index (χ2v) is 5.49. The Balaban J connectivity index is 2.06. The van der Waals surface area contributed by atoms with E-state index in [1.807, 2.05) is 24.3 Å². The van der Waals surface area contributed by atoms with Crippen molar-refractivity contribution in [1.29, 1.82) is 0 Å². The second-order valence-electron chi connectivity index (χ2n) is 4.44. The summed E-state index contributed by atoms with van der Waals surface area (Å²) >= 11 is 1.73. The highest BCUT2D eigenvalue weighted by Crippen LogP contribution is 2.24. The summed E-state index contributed by atoms with van der Waals surface area (Å²) in [7, 11) is 0. The second kappa shape index (κ2) is 6.43. The molecule has 2 nitrogen and oxygen atoms in total. The highest BCUT2D eigenvalue weighted by Gasteiger charge is 2.06. The van der Waals surface area contributed by atoms with Crippen LogP contribution in [0.15, 0.2) is 53.4 Å². The Bertz CT molecular complexity index is 561. The fourth-order valence-electron chi connectivity index (χ4n) is 1.83. The normalized spacial score (nSPS) is 10.4. The van der Waals surface area contributed by atoms with Crippen molar-refractivity contribution in [3.8, 4) is 0 Å². The molecule has 0 bridgehead atoms. The van der Waals surface area contributed by atoms with Gasteiger partial charge in [-0.1, -0.05) is 42.0 Å². The van der Waals surface area contributed by atoms with Gasteiger partial charge in [0.15, 0.2) is 0 Å². The predicted molar refractivity (Wildman–Crippen MR) is 78.5 cm³/mol. The van der Waals surface area contributed by atoms with Crippen molar-refractivity contribution in [2.45, 2.75) is 24.0 Å². The molecule has 0 amide bonds. The Morgan fingerprint density at radius 2 is 1.68 bits per heavy atom. The van der Waals surface area contributed by atoms with Crippen LogP contribution in [0.5, 0.6) is 0 Å². The van der Waals surface area contributed by atoms with Crippen LogP contribution in [0.2, 0.25) is 0 Å². The number of hydrogen-bond acceptors (Lipinski definition) is 2. The van der Waals surface area contributed by atoms with E-state index < -0.39 is 5.97 Å². The number of carboxylic acid groups (broad SMARTS) is 1. The van der Waals surface area contributed by atoms with Gasteiger partial charge in [-0.05, 0) is 30.2 Å². The molecule has 0 aliphatic heterocycles. The predicted octanol–water partition coefficient (Wildman–Crippen LogP) is 3.91. The first-order valence-electron chi connectivity index (χ1n) is 6.13. The molecular formula is C16H16O2S. The van der Waals surface area contributed by atoms with Gasteiger partial charge in [0.05, 0.1) is 6.42 Å². The molecule has 2 aromatic carbocycles. The Hall–Kier alpha value is -1.74. The maximum absolute atomic E-state index is 10.8. The average molecular weight is 272 g/mol. The zero-order chi connectivity index (χ0) is 13.7. The van der Waals surface area contributed by atoms with Gasteiger partial charge in [-0.15, -0.1) is 11.8 Å². The molecule has 0 aromatic heterocycles. The summed E-state index contributed by atoms with van der Waals surface area (Å²) in [6.07, 6.45) is 0.0879. The SMILES string of the molecule is Cc1ccc(SCc2ccccc2CC(=O)O)cc1. The van der Waals surface area contributed by atoms with Crippen LogP contribution in [0.1, 0.15) is 16.7 Å². The maximum Gasteiger partial charge on any atom is 0.307 e. The summed E-state index contributed by atoms with van der Waals surface area (Å²) in [6, 6.07) is 16.1. The van der Waals surface area contributed by atoms with Crippen LogP contribution in [-0.2, 0) is 17.0 Å². The first-order chi connectivity index (χ1) is 9.15. The van der Waals surface area contributed by atoms with Gasteiger partial charge in [0.25, 0.3) is 0 Å². The van der Waals surface area contributed by atoms with Gasteiger partial charge in [-0.3, -0.25) is 4.79 Å². The van der Waals surface area contributed by atoms with Crippen molar-refractivity contribution < 1.29 is 9.90 Å². The van der Waals surface area contributed by atoms with E-state index in [2.05, 4.69) is 31.2 Å². The monoisotopic (exact) mass is 272 g/mol. The zero-order valence-corrected chi connectivity index (χ0v) is 11.6. The highest BCUT2D eigenvalue weighted by molar-refractivity contribution is 7.98. The molecular weight excluding hydrogens is 256 g/mol. The minimum absolute atomic E-state index is 0.0879. The lowest BCUT2D eigenvalue weighted by atomic mass is 10.1. The summed E-state index contributed by atoms with van der Waals surface area (Å²) < 4.78 is 0. The van der Waals surface area contributed by atoms with Gasteiger partial charge in [0.2, 0.25) is 0 Å². The lowest BCUT2D eigenvalue weighted by molar-refractivity contribution is -0.136. The van der Waals surface area contributed by atoms with Gasteiger partial charge in [0.1, 0.15) is 0 Å². The molecule has 0 heterocycles. The van der Waals surface area contributed by atoms with Crippen molar-refractivity contribution in [2.24, 2.45) is 0 Å². The fraction of sp³-hybridized carbons (Fsp3) is 0.188. The number of aliphatic carboxylic acids is 1. The molecule has 98 valence electrons. The van der Waals surface area contributed by atoms with Crippen LogP contribution in [0, 0.1) is 6.92 Å². The smallest absolute Gasteiger partial charge is 0.307 e. The van der Waals surface area contributed by atoms with Crippen LogP contribution in [0.3, 0.4) is 0 Å². The van der Waals surface area contributed by atoms with Crippen molar-refractivity contribution in [1.82, 2.24) is 0 Å². The quantitative estimate of drug-likeness (QED) is 0.838. The van der Waals surface area contributed by atoms with Crippen LogP contribution in [0.25, 0.3) is 0 Å². The first-order valence-corrected chi connectivity index (χ1v) is 7.12. The number of rotatable bonds is 5. The van der Waals surface area contributed by atoms with Gasteiger partial charge in [-0.25, -0.2) is 0 Å². The van der Waals surface area contributed by atoms with E-state index in [0.29, 0.717) is 0 Å². The fourth-order valence-corrected chi connectivity index (χ4v) is 2.76. The van der Waals surface area contributed by atoms with Gasteiger partial charge < -0.3 is 5.11 Å². The molecule has 0 aliphatic rings. The third kappa shape index (κ3) is 4.14. The van der Waals surface area contributed by atoms with E-state index in [1.54, 1.807) is 11.8 Å². The molecule has 19 heavy (non-hydrogen) atoms. The molecule has 0 spiro atoms. The molecule has 2 aromatic rings. The maximum atomic E-state index is 10.8. The molecule has 0 fully saturated rings. The lowest BCUT2D eigenvalue weighted by Gasteiger charge is -2.07. The van der Waals surface area contributed by atoms with Crippen LogP contribution in [0.4, 0.5) is 0 Å². The average Bonchev–Trinajstić information content (AvgIpc) is 2.39. The number of benzene rings is 2. The van der Waals surface area contributed by atoms with E-state index in [9.17, 15) is 4.79 Å². The summed E-state index contributed by atoms with van der Waals surface area (Å²) in [5.41, 5.74) is 3.24. The van der Waals surface area contributed by atoms with E-state index in [4.69, 9.17) is 5.11 Å². The summed E-state index contributed by atoms with van der Waals surface area (Å²) in [5, 5.41) is 8.90. The molecule has 0 radical (unpaired) electrons. The first kappa shape index (κ1) is 13.7. The van der Waals surface area contributed by atoms with Gasteiger partial charge >= 0.3 is 5.97 Å². The molecule has 0 saturated heterocycles. The molecule has 1 N–H and O–H groups in total. The van der Waals surface area contributed by atoms with Crippen LogP contribution in [-0.4, -0.2) is 11.1 Å². The van der Waals surface area contributed by atoms with E-state index in [-0.39, 0.29) is 6.42 Å². The van der Waals surface area contributed by atoms with Gasteiger partial charge in [0, 0.05) is 10.6 Å². The largest absolute Gasteiger partial charge is 0.481 e. The van der Waals surface area contributed by atoms with E-state index in [0.717, 1.165) is 16.9 Å². The molecule has 0 aliphatic carbocycles. The number of hydrogen-bond donors (Lipinski definition) is 1. The molecule has 3 heteroatoms. The minimum Gasteiger partial charge on any atom is -0.481 e. The van der Waals surface area contributed by atoms with Crippen molar-refractivity contribution in [3.05, 3.63) is 65.2 Å². The standard InChI is InChI=1S/C16H16O2S/c1-12-6-8-15(9-7-12)19-11-14-5-3-2-4-13(14)10-16(17)18/h2-9H,10-11H2,1H3,(H,17,18). The molecule has 0 unspecified atom stereocenters. The highest BCUT2D eigenvalue weighted by atomic mass is 32.2. The number of carboxylic acids is 1. The number of carbonyl (C=O) groups is 1. The summed E-state index contributed by atoms with van der Waals surface area (Å²) in [5.74, 6) is 0.0137. The summed E-state index contributed by atoms with van der Waals surface area (Å²) in [4.78, 5) is 12.0. The Morgan fingerprint density at radius 1 is 1.05 bits per heavy atom. The molecule has 0 saturated carbocycles. The molecule has 0 atom stereocenters. The van der Waals surface area contributed by atoms with Gasteiger partial charge in [-0.2, -0.15) is 0 Å². The Kier molecular flexibility index (Phi) is 4.63. The van der Waals surface area contributed by atoms with Crippen molar-refractivity contribution >= 4 is 17.7 Å². The number of thioether (sulfide) groups is 1. The lowest BCUT2D eigenvalue weighted by Crippen LogP contribution is -2.02. The van der Waals surface area contributed by atoms with Crippen molar-refractivity contribution in [2.75, 3.05) is 0 Å². The molecule has 2 rings (SSSR count). The van der Waals surface area contributed by atoms with E-state index in [1.165, 1.54) is 10.5 Å². The van der Waals surface area contributed by atoms with Crippen molar-refractivity contribution in [3.63, 3.8) is 0 Å². The summed E-state index contributed by atoms with van der Waals surface area (Å²) in [6.45, 7) is 2.07. The van der Waals surface area contributed by atoms with Crippen LogP contribution < -0.4 is 0 Å². The van der Waals surface area contributed by atoms with Crippen LogP contribution >= 0.6 is 11.8 Å². The zero-order valence-electron chi connectivity index (χ0n) is 10.8. The number of aryl methyl sites for hydroxylation is 1. The third-order valence-corrected chi connectivity index (χ3v) is 3.94. The Morgan fingerprint density at radius 3 is 2.32 bits per heavy atom.